The number of aromatic nitrogens is 1. The number of carbonyl (C=O) groups excluding carboxylic acids is 3. The van der Waals surface area contributed by atoms with E-state index in [0.717, 1.165) is 29.5 Å². The number of hydrogen-bond acceptors (Lipinski definition) is 7. The van der Waals surface area contributed by atoms with Crippen LogP contribution in [0, 0.1) is 17.0 Å². The largest absolute Gasteiger partial charge is 0.454 e. The van der Waals surface area contributed by atoms with Crippen molar-refractivity contribution in [1.82, 2.24) is 9.88 Å². The second kappa shape index (κ2) is 12.1. The summed E-state index contributed by atoms with van der Waals surface area (Å²) in [6, 6.07) is 11.6. The van der Waals surface area contributed by atoms with E-state index < -0.39 is 39.3 Å². The minimum atomic E-state index is -4.67. The van der Waals surface area contributed by atoms with Crippen LogP contribution in [0.3, 0.4) is 0 Å². The second-order valence-electron chi connectivity index (χ2n) is 9.38. The maximum atomic E-state index is 15.2. The van der Waals surface area contributed by atoms with Gasteiger partial charge in [-0.25, -0.2) is 18.6 Å². The predicted molar refractivity (Wildman–Crippen MR) is 145 cm³/mol. The highest BCUT2D eigenvalue weighted by Gasteiger charge is 2.57. The van der Waals surface area contributed by atoms with Crippen molar-refractivity contribution < 1.29 is 45.4 Å². The van der Waals surface area contributed by atoms with E-state index in [0.29, 0.717) is 13.1 Å². The van der Waals surface area contributed by atoms with Crippen LogP contribution in [0.5, 0.6) is 11.5 Å². The van der Waals surface area contributed by atoms with E-state index in [2.05, 4.69) is 10.3 Å². The summed E-state index contributed by atoms with van der Waals surface area (Å²) in [6.07, 6.45) is 2.93. The number of nitrogens with two attached hydrogens (primary N) is 1. The molecule has 1 saturated carbocycles. The van der Waals surface area contributed by atoms with Crippen LogP contribution in [0.1, 0.15) is 19.3 Å². The van der Waals surface area contributed by atoms with Gasteiger partial charge in [-0.2, -0.15) is 8.42 Å². The number of likely N-dealkylation sites (tertiary alicyclic amines) is 1. The number of nitrogens with one attached hydrogen (secondary N) is 1. The van der Waals surface area contributed by atoms with Gasteiger partial charge in [0.05, 0.1) is 5.69 Å². The Labute approximate surface area is 238 Å². The number of amides is 4. The Morgan fingerprint density at radius 3 is 2.14 bits per heavy atom. The lowest BCUT2D eigenvalue weighted by Gasteiger charge is -2.30. The van der Waals surface area contributed by atoms with Crippen LogP contribution in [0.15, 0.2) is 60.8 Å². The van der Waals surface area contributed by atoms with Crippen molar-refractivity contribution in [1.29, 1.82) is 0 Å². The summed E-state index contributed by atoms with van der Waals surface area (Å²) in [6.45, 7) is 1.36. The molecule has 16 heteroatoms. The third-order valence-corrected chi connectivity index (χ3v) is 6.43. The highest BCUT2D eigenvalue weighted by molar-refractivity contribution is 7.79. The molecular formula is C26H25F2N5O8S. The van der Waals surface area contributed by atoms with Crippen molar-refractivity contribution in [3.8, 4) is 11.5 Å². The first-order valence-corrected chi connectivity index (χ1v) is 13.8. The molecule has 0 bridgehead atoms. The number of primary amides is 1. The van der Waals surface area contributed by atoms with Gasteiger partial charge in [-0.15, -0.1) is 0 Å². The fraction of sp³-hybridized carbons (Fsp3) is 0.231. The van der Waals surface area contributed by atoms with Crippen LogP contribution in [0.4, 0.5) is 30.8 Å². The first kappa shape index (κ1) is 30.3. The SMILES string of the molecule is NC(=O)C1(C(=O)N(c2ccc(F)cc2)c2ccc(Oc3ccnc(NC(=O)N4CCC4)c3)c(F)c2)CC1.O=S(=O)(O)O. The molecule has 1 aliphatic heterocycles. The summed E-state index contributed by atoms with van der Waals surface area (Å²) in [5.74, 6) is -2.34. The fourth-order valence-electron chi connectivity index (χ4n) is 3.97. The van der Waals surface area contributed by atoms with E-state index >= 15 is 4.39 Å². The first-order valence-electron chi connectivity index (χ1n) is 12.4. The molecule has 5 rings (SSSR count). The fourth-order valence-corrected chi connectivity index (χ4v) is 3.97. The molecule has 0 radical (unpaired) electrons. The lowest BCUT2D eigenvalue weighted by atomic mass is 10.0. The smallest absolute Gasteiger partial charge is 0.394 e. The number of rotatable bonds is 7. The molecule has 0 atom stereocenters. The van der Waals surface area contributed by atoms with E-state index in [1.807, 2.05) is 0 Å². The van der Waals surface area contributed by atoms with Gasteiger partial charge >= 0.3 is 16.4 Å². The first-order chi connectivity index (χ1) is 19.8. The van der Waals surface area contributed by atoms with Gasteiger partial charge in [0, 0.05) is 37.1 Å². The molecule has 4 amide bonds. The monoisotopic (exact) mass is 605 g/mol. The molecule has 1 aliphatic carbocycles. The van der Waals surface area contributed by atoms with E-state index in [1.54, 1.807) is 4.90 Å². The van der Waals surface area contributed by atoms with Crippen molar-refractivity contribution in [2.45, 2.75) is 19.3 Å². The Kier molecular flexibility index (Phi) is 8.70. The molecule has 2 aromatic carbocycles. The van der Waals surface area contributed by atoms with Crippen molar-refractivity contribution in [3.63, 3.8) is 0 Å². The number of ether oxygens (including phenoxy) is 1. The molecule has 2 heterocycles. The van der Waals surface area contributed by atoms with E-state index in [-0.39, 0.29) is 47.6 Å². The van der Waals surface area contributed by atoms with Crippen LogP contribution < -0.4 is 20.7 Å². The lowest BCUT2D eigenvalue weighted by molar-refractivity contribution is -0.133. The Balaban J connectivity index is 0.000000748. The van der Waals surface area contributed by atoms with Crippen molar-refractivity contribution in [2.75, 3.05) is 23.3 Å². The number of hydrogen-bond donors (Lipinski definition) is 4. The molecule has 2 aliphatic rings. The third kappa shape index (κ3) is 7.34. The van der Waals surface area contributed by atoms with Gasteiger partial charge < -0.3 is 15.4 Å². The van der Waals surface area contributed by atoms with Gasteiger partial charge in [0.25, 0.3) is 0 Å². The molecular weight excluding hydrogens is 580 g/mol. The Bertz CT molecular complexity index is 1610. The molecule has 222 valence electrons. The highest BCUT2D eigenvalue weighted by Crippen LogP contribution is 2.49. The normalized spacial score (nSPS) is 14.9. The number of nitrogens with zero attached hydrogens (tertiary/aromatic N) is 3. The highest BCUT2D eigenvalue weighted by atomic mass is 32.3. The summed E-state index contributed by atoms with van der Waals surface area (Å²) in [5, 5.41) is 2.67. The average Bonchev–Trinajstić information content (AvgIpc) is 3.68. The molecule has 1 saturated heterocycles. The van der Waals surface area contributed by atoms with Gasteiger partial charge in [-0.1, -0.05) is 0 Å². The lowest BCUT2D eigenvalue weighted by Crippen LogP contribution is -2.44. The Morgan fingerprint density at radius 2 is 1.62 bits per heavy atom. The van der Waals surface area contributed by atoms with Gasteiger partial charge in [0.1, 0.15) is 22.8 Å². The molecule has 2 fully saturated rings. The zero-order valence-electron chi connectivity index (χ0n) is 21.7. The van der Waals surface area contributed by atoms with Crippen LogP contribution in [0.2, 0.25) is 0 Å². The minimum absolute atomic E-state index is 0.117. The van der Waals surface area contributed by atoms with Crippen LogP contribution in [0.25, 0.3) is 0 Å². The van der Waals surface area contributed by atoms with E-state index in [9.17, 15) is 18.8 Å². The van der Waals surface area contributed by atoms with Gasteiger partial charge in [-0.05, 0) is 61.7 Å². The molecule has 42 heavy (non-hydrogen) atoms. The average molecular weight is 606 g/mol. The Hall–Kier alpha value is -4.67. The second-order valence-corrected chi connectivity index (χ2v) is 10.3. The zero-order valence-corrected chi connectivity index (χ0v) is 22.6. The van der Waals surface area contributed by atoms with Crippen LogP contribution in [-0.2, 0) is 20.0 Å². The molecule has 3 aromatic rings. The zero-order chi connectivity index (χ0) is 30.7. The maximum Gasteiger partial charge on any atom is 0.394 e. The third-order valence-electron chi connectivity index (χ3n) is 6.43. The number of benzene rings is 2. The summed E-state index contributed by atoms with van der Waals surface area (Å²) in [5.41, 5.74) is 4.48. The van der Waals surface area contributed by atoms with Crippen LogP contribution in [-0.4, -0.2) is 58.3 Å². The maximum absolute atomic E-state index is 15.2. The Morgan fingerprint density at radius 1 is 1.00 bits per heavy atom. The summed E-state index contributed by atoms with van der Waals surface area (Å²) >= 11 is 0. The van der Waals surface area contributed by atoms with Gasteiger partial charge in [0.2, 0.25) is 11.8 Å². The standard InChI is InChI=1S/C26H23F2N5O4.H2O4S/c27-16-2-4-17(5-3-16)33(24(35)26(9-10-26)23(29)34)18-6-7-21(20(28)14-18)37-19-8-11-30-22(15-19)31-25(36)32-12-1-13-32;1-5(2,3)4/h2-8,11,14-15H,1,9-10,12-13H2,(H2,29,34)(H,30,31,36);(H2,1,2,3,4). The molecule has 0 spiro atoms. The molecule has 5 N–H and O–H groups in total. The quantitative estimate of drug-likeness (QED) is 0.230. The van der Waals surface area contributed by atoms with Crippen molar-refractivity contribution >= 4 is 45.4 Å². The number of urea groups is 1. The minimum Gasteiger partial charge on any atom is -0.454 e. The van der Waals surface area contributed by atoms with Crippen molar-refractivity contribution in [2.24, 2.45) is 11.1 Å². The number of anilines is 3. The molecule has 13 nitrogen and oxygen atoms in total. The summed E-state index contributed by atoms with van der Waals surface area (Å²) < 4.78 is 65.9. The number of carbonyl (C=O) groups is 3. The molecule has 1 aromatic heterocycles. The van der Waals surface area contributed by atoms with Gasteiger partial charge in [0.15, 0.2) is 11.6 Å². The number of pyridine rings is 1. The predicted octanol–water partition coefficient (Wildman–Crippen LogP) is 3.67. The summed E-state index contributed by atoms with van der Waals surface area (Å²) in [4.78, 5) is 44.4. The van der Waals surface area contributed by atoms with Gasteiger partial charge in [-0.3, -0.25) is 28.9 Å². The molecule has 0 unspecified atom stereocenters. The number of halogens is 2. The van der Waals surface area contributed by atoms with E-state index in [1.165, 1.54) is 42.6 Å². The van der Waals surface area contributed by atoms with Crippen molar-refractivity contribution in [3.05, 3.63) is 72.4 Å². The van der Waals surface area contributed by atoms with Crippen LogP contribution >= 0.6 is 0 Å². The summed E-state index contributed by atoms with van der Waals surface area (Å²) in [7, 11) is -4.67. The van der Waals surface area contributed by atoms with E-state index in [4.69, 9.17) is 28.0 Å². The topological polar surface area (TPSA) is 192 Å².